The molecule has 0 spiro atoms. The molecule has 1 N–H and O–H groups in total. The van der Waals surface area contributed by atoms with Gasteiger partial charge in [0.15, 0.2) is 0 Å². The average molecular weight is 323 g/mol. The van der Waals surface area contributed by atoms with Gasteiger partial charge in [-0.05, 0) is 57.3 Å². The first-order valence-corrected chi connectivity index (χ1v) is 8.28. The fourth-order valence-corrected chi connectivity index (χ4v) is 4.27. The van der Waals surface area contributed by atoms with Crippen molar-refractivity contribution in [2.24, 2.45) is 0 Å². The summed E-state index contributed by atoms with van der Waals surface area (Å²) in [4.78, 5) is 2.68. The first-order valence-electron chi connectivity index (χ1n) is 7.48. The summed E-state index contributed by atoms with van der Waals surface area (Å²) in [5.41, 5.74) is 1.37. The predicted octanol–water partition coefficient (Wildman–Crippen LogP) is 3.73. The van der Waals surface area contributed by atoms with Crippen molar-refractivity contribution in [3.8, 4) is 0 Å². The van der Waals surface area contributed by atoms with Crippen LogP contribution in [0.25, 0.3) is 0 Å². The second-order valence-corrected chi connectivity index (χ2v) is 6.82. The summed E-state index contributed by atoms with van der Waals surface area (Å²) >= 11 is 3.66. The molecule has 0 aromatic heterocycles. The van der Waals surface area contributed by atoms with Gasteiger partial charge in [0, 0.05) is 22.6 Å². The molecule has 0 aliphatic carbocycles. The minimum atomic E-state index is 0.425. The van der Waals surface area contributed by atoms with Gasteiger partial charge in [0.25, 0.3) is 0 Å². The molecule has 2 heterocycles. The van der Waals surface area contributed by atoms with Crippen molar-refractivity contribution in [1.29, 1.82) is 0 Å². The van der Waals surface area contributed by atoms with Crippen LogP contribution in [0.4, 0.5) is 0 Å². The summed E-state index contributed by atoms with van der Waals surface area (Å²) in [5.74, 6) is 0. The van der Waals surface area contributed by atoms with Crippen LogP contribution in [0.2, 0.25) is 0 Å². The molecule has 0 radical (unpaired) electrons. The second kappa shape index (κ2) is 5.94. The lowest BCUT2D eigenvalue weighted by Gasteiger charge is -2.36. The highest BCUT2D eigenvalue weighted by Gasteiger charge is 2.32. The summed E-state index contributed by atoms with van der Waals surface area (Å²) in [6.45, 7) is 4.89. The lowest BCUT2D eigenvalue weighted by molar-refractivity contribution is 0.162. The fourth-order valence-electron chi connectivity index (χ4n) is 3.65. The summed E-state index contributed by atoms with van der Waals surface area (Å²) in [7, 11) is 0. The number of rotatable bonds is 3. The number of hydrogen-bond donors (Lipinski definition) is 1. The largest absolute Gasteiger partial charge is 0.307 e. The van der Waals surface area contributed by atoms with Crippen LogP contribution in [0.15, 0.2) is 28.7 Å². The van der Waals surface area contributed by atoms with Crippen molar-refractivity contribution in [1.82, 2.24) is 10.2 Å². The third-order valence-electron chi connectivity index (χ3n) is 4.68. The Bertz CT molecular complexity index is 435. The smallest absolute Gasteiger partial charge is 0.0305 e. The summed E-state index contributed by atoms with van der Waals surface area (Å²) in [6, 6.07) is 10.5. The Labute approximate surface area is 124 Å². The fraction of sp³-hybridized carbons (Fsp3) is 0.625. The molecule has 2 aliphatic rings. The Morgan fingerprint density at radius 1 is 1.26 bits per heavy atom. The van der Waals surface area contributed by atoms with E-state index in [9.17, 15) is 0 Å². The molecular formula is C16H23BrN2. The number of fused-ring (bicyclic) bond motifs is 1. The van der Waals surface area contributed by atoms with Crippen LogP contribution in [0, 0.1) is 0 Å². The predicted molar refractivity (Wildman–Crippen MR) is 83.3 cm³/mol. The zero-order chi connectivity index (χ0) is 13.2. The van der Waals surface area contributed by atoms with Crippen LogP contribution in [-0.4, -0.2) is 30.1 Å². The van der Waals surface area contributed by atoms with E-state index in [4.69, 9.17) is 0 Å². The lowest BCUT2D eigenvalue weighted by Crippen LogP contribution is -2.46. The van der Waals surface area contributed by atoms with E-state index in [1.54, 1.807) is 0 Å². The van der Waals surface area contributed by atoms with E-state index in [0.717, 1.165) is 6.04 Å². The molecule has 19 heavy (non-hydrogen) atoms. The maximum Gasteiger partial charge on any atom is 0.0305 e. The van der Waals surface area contributed by atoms with Gasteiger partial charge in [0.05, 0.1) is 0 Å². The van der Waals surface area contributed by atoms with Gasteiger partial charge in [-0.1, -0.05) is 34.1 Å². The zero-order valence-corrected chi connectivity index (χ0v) is 13.2. The van der Waals surface area contributed by atoms with Crippen molar-refractivity contribution in [3.63, 3.8) is 0 Å². The zero-order valence-electron chi connectivity index (χ0n) is 11.6. The molecule has 0 amide bonds. The number of benzene rings is 1. The van der Waals surface area contributed by atoms with Gasteiger partial charge in [0.2, 0.25) is 0 Å². The Kier molecular flexibility index (Phi) is 4.25. The molecule has 104 valence electrons. The van der Waals surface area contributed by atoms with Crippen LogP contribution in [0.1, 0.15) is 44.2 Å². The maximum absolute atomic E-state index is 3.83. The summed E-state index contributed by atoms with van der Waals surface area (Å²) in [5, 5.41) is 3.83. The van der Waals surface area contributed by atoms with E-state index in [0.29, 0.717) is 12.1 Å². The summed E-state index contributed by atoms with van der Waals surface area (Å²) in [6.07, 6.45) is 5.43. The molecule has 3 heteroatoms. The quantitative estimate of drug-likeness (QED) is 0.912. The first kappa shape index (κ1) is 13.6. The molecule has 2 fully saturated rings. The van der Waals surface area contributed by atoms with Gasteiger partial charge >= 0.3 is 0 Å². The maximum atomic E-state index is 3.83. The monoisotopic (exact) mass is 322 g/mol. The Morgan fingerprint density at radius 2 is 2.11 bits per heavy atom. The van der Waals surface area contributed by atoms with Gasteiger partial charge in [0.1, 0.15) is 0 Å². The van der Waals surface area contributed by atoms with Gasteiger partial charge in [-0.15, -0.1) is 0 Å². The molecule has 1 aromatic rings. The van der Waals surface area contributed by atoms with Crippen molar-refractivity contribution in [2.45, 2.75) is 50.7 Å². The molecule has 2 unspecified atom stereocenters. The molecule has 3 rings (SSSR count). The molecule has 2 saturated heterocycles. The van der Waals surface area contributed by atoms with Crippen LogP contribution in [0.3, 0.4) is 0 Å². The number of halogens is 1. The number of nitrogens with one attached hydrogen (secondary N) is 1. The normalized spacial score (nSPS) is 29.2. The highest BCUT2D eigenvalue weighted by atomic mass is 79.9. The van der Waals surface area contributed by atoms with Crippen molar-refractivity contribution in [2.75, 3.05) is 13.1 Å². The minimum Gasteiger partial charge on any atom is -0.307 e. The first-order chi connectivity index (χ1) is 9.24. The van der Waals surface area contributed by atoms with Gasteiger partial charge in [-0.2, -0.15) is 0 Å². The van der Waals surface area contributed by atoms with Crippen molar-refractivity contribution in [3.05, 3.63) is 34.3 Å². The van der Waals surface area contributed by atoms with Crippen molar-refractivity contribution >= 4 is 15.9 Å². The van der Waals surface area contributed by atoms with E-state index < -0.39 is 0 Å². The van der Waals surface area contributed by atoms with Gasteiger partial charge in [-0.3, -0.25) is 0 Å². The van der Waals surface area contributed by atoms with E-state index in [1.807, 2.05) is 0 Å². The van der Waals surface area contributed by atoms with E-state index in [2.05, 4.69) is 57.3 Å². The van der Waals surface area contributed by atoms with E-state index in [1.165, 1.54) is 48.8 Å². The topological polar surface area (TPSA) is 15.3 Å². The highest BCUT2D eigenvalue weighted by molar-refractivity contribution is 9.10. The van der Waals surface area contributed by atoms with E-state index >= 15 is 0 Å². The van der Waals surface area contributed by atoms with Gasteiger partial charge in [-0.25, -0.2) is 0 Å². The number of hydrogen-bond acceptors (Lipinski definition) is 2. The Morgan fingerprint density at radius 3 is 2.95 bits per heavy atom. The SMILES string of the molecule is C[C@H](NC1CCN2CCCC2C1)c1ccccc1Br. The standard InChI is InChI=1S/C16H23BrN2/c1-12(15-6-2-3-7-16(15)17)18-13-8-10-19-9-4-5-14(19)11-13/h2-3,6-7,12-14,18H,4-5,8-11H2,1H3/t12-,13?,14?/m0/s1. The average Bonchev–Trinajstić information content (AvgIpc) is 2.86. The third kappa shape index (κ3) is 3.04. The number of nitrogens with zero attached hydrogens (tertiary/aromatic N) is 1. The molecule has 2 nitrogen and oxygen atoms in total. The second-order valence-electron chi connectivity index (χ2n) is 5.96. The molecular weight excluding hydrogens is 300 g/mol. The lowest BCUT2D eigenvalue weighted by atomic mass is 9.96. The Balaban J connectivity index is 1.61. The summed E-state index contributed by atoms with van der Waals surface area (Å²) < 4.78 is 1.22. The molecule has 0 saturated carbocycles. The van der Waals surface area contributed by atoms with Gasteiger partial charge < -0.3 is 10.2 Å². The number of piperidine rings is 1. The van der Waals surface area contributed by atoms with Crippen molar-refractivity contribution < 1.29 is 0 Å². The highest BCUT2D eigenvalue weighted by Crippen LogP contribution is 2.29. The molecule has 1 aromatic carbocycles. The Hall–Kier alpha value is -0.380. The molecule has 0 bridgehead atoms. The van der Waals surface area contributed by atoms with Crippen LogP contribution in [-0.2, 0) is 0 Å². The van der Waals surface area contributed by atoms with Crippen LogP contribution in [0.5, 0.6) is 0 Å². The minimum absolute atomic E-state index is 0.425. The van der Waals surface area contributed by atoms with E-state index in [-0.39, 0.29) is 0 Å². The van der Waals surface area contributed by atoms with Crippen LogP contribution >= 0.6 is 15.9 Å². The van der Waals surface area contributed by atoms with Crippen LogP contribution < -0.4 is 5.32 Å². The molecule has 2 aliphatic heterocycles. The third-order valence-corrected chi connectivity index (χ3v) is 5.40. The molecule has 3 atom stereocenters.